The smallest absolute Gasteiger partial charge is 0.185 e. The van der Waals surface area contributed by atoms with E-state index in [1.165, 1.54) is 0 Å². The third kappa shape index (κ3) is 3.99. The van der Waals surface area contributed by atoms with Crippen LogP contribution in [0.2, 0.25) is 0 Å². The zero-order chi connectivity index (χ0) is 21.3. The van der Waals surface area contributed by atoms with E-state index in [0.717, 1.165) is 30.4 Å². The molecule has 1 aliphatic rings. The van der Waals surface area contributed by atoms with Gasteiger partial charge in [0.1, 0.15) is 11.9 Å². The zero-order valence-electron chi connectivity index (χ0n) is 17.5. The molecule has 0 spiro atoms. The Morgan fingerprint density at radius 2 is 2.03 bits per heavy atom. The van der Waals surface area contributed by atoms with E-state index in [-0.39, 0.29) is 17.7 Å². The Labute approximate surface area is 175 Å². The number of hydrogen-bond donors (Lipinski definition) is 1. The first-order chi connectivity index (χ1) is 14.5. The molecule has 4 rings (SSSR count). The molecule has 3 aromatic rings. The van der Waals surface area contributed by atoms with Crippen molar-refractivity contribution in [3.8, 4) is 28.3 Å². The van der Waals surface area contributed by atoms with Crippen molar-refractivity contribution < 1.29 is 9.50 Å². The molecular weight excluding hydrogens is 383 g/mol. The monoisotopic (exact) mass is 410 g/mol. The minimum Gasteiger partial charge on any atom is -0.507 e. The maximum atomic E-state index is 14.0. The highest BCUT2D eigenvalue weighted by Gasteiger charge is 2.31. The van der Waals surface area contributed by atoms with Crippen LogP contribution < -0.4 is 4.90 Å². The van der Waals surface area contributed by atoms with Gasteiger partial charge in [0.05, 0.1) is 18.0 Å². The van der Waals surface area contributed by atoms with E-state index in [0.29, 0.717) is 23.6 Å². The van der Waals surface area contributed by atoms with Gasteiger partial charge in [0.2, 0.25) is 0 Å². The Balaban J connectivity index is 1.51. The number of aromatic nitrogens is 5. The first kappa shape index (κ1) is 20.3. The minimum atomic E-state index is -0.705. The Bertz CT molecular complexity index is 1010. The van der Waals surface area contributed by atoms with Gasteiger partial charge in [0.15, 0.2) is 11.6 Å². The van der Waals surface area contributed by atoms with Crippen molar-refractivity contribution in [2.45, 2.75) is 44.8 Å². The van der Waals surface area contributed by atoms with Gasteiger partial charge in [-0.3, -0.25) is 4.68 Å². The first-order valence-corrected chi connectivity index (χ1v) is 10.3. The number of anilines is 1. The third-order valence-corrected chi connectivity index (χ3v) is 6.12. The summed E-state index contributed by atoms with van der Waals surface area (Å²) in [6.45, 7) is 2.04. The maximum Gasteiger partial charge on any atom is 0.185 e. The molecule has 0 radical (unpaired) electrons. The summed E-state index contributed by atoms with van der Waals surface area (Å²) in [5, 5.41) is 23.2. The molecule has 158 valence electrons. The van der Waals surface area contributed by atoms with Crippen LogP contribution in [0.1, 0.15) is 32.6 Å². The van der Waals surface area contributed by atoms with Gasteiger partial charge in [-0.25, -0.2) is 9.37 Å². The molecule has 3 atom stereocenters. The normalized spacial score (nSPS) is 21.5. The minimum absolute atomic E-state index is 0.0892. The highest BCUT2D eigenvalue weighted by Crippen LogP contribution is 2.34. The van der Waals surface area contributed by atoms with Crippen LogP contribution in [0.5, 0.6) is 5.75 Å². The van der Waals surface area contributed by atoms with Crippen LogP contribution in [0.3, 0.4) is 0 Å². The standard InChI is InChI=1S/C22H27FN6O/c1-4-14-9-17(6-8-19(14)23)29(3)21-12-24-22(27-26-21)18-7-5-15(10-20(18)30)16-11-25-28(2)13-16/h5,7,10-14,17,19,30H,4,6,8-9H2,1-3H3/t14-,17+,19+/m1/s1. The molecule has 1 N–H and O–H groups in total. The molecule has 0 bridgehead atoms. The zero-order valence-corrected chi connectivity index (χ0v) is 17.5. The van der Waals surface area contributed by atoms with Crippen molar-refractivity contribution in [1.82, 2.24) is 25.0 Å². The fraction of sp³-hybridized carbons (Fsp3) is 0.455. The number of hydrogen-bond acceptors (Lipinski definition) is 6. The van der Waals surface area contributed by atoms with Crippen LogP contribution in [0.25, 0.3) is 22.5 Å². The molecule has 2 aromatic heterocycles. The second-order valence-electron chi connectivity index (χ2n) is 8.04. The number of nitrogens with zero attached hydrogens (tertiary/aromatic N) is 6. The summed E-state index contributed by atoms with van der Waals surface area (Å²) in [6, 6.07) is 5.59. The van der Waals surface area contributed by atoms with Gasteiger partial charge in [-0.15, -0.1) is 10.2 Å². The SMILES string of the molecule is CC[C@@H]1C[C@@H](N(C)c2cnc(-c3ccc(-c4cnn(C)c4)cc3O)nn2)CC[C@@H]1F. The van der Waals surface area contributed by atoms with E-state index in [1.54, 1.807) is 29.2 Å². The maximum absolute atomic E-state index is 14.0. The molecule has 2 heterocycles. The van der Waals surface area contributed by atoms with E-state index in [1.807, 2.05) is 38.2 Å². The quantitative estimate of drug-likeness (QED) is 0.685. The van der Waals surface area contributed by atoms with Crippen molar-refractivity contribution in [1.29, 1.82) is 0 Å². The first-order valence-electron chi connectivity index (χ1n) is 10.3. The molecular formula is C22H27FN6O. The molecule has 1 aliphatic carbocycles. The van der Waals surface area contributed by atoms with Crippen LogP contribution >= 0.6 is 0 Å². The summed E-state index contributed by atoms with van der Waals surface area (Å²) in [4.78, 5) is 6.47. The number of phenolic OH excluding ortho intramolecular Hbond substituents is 1. The highest BCUT2D eigenvalue weighted by molar-refractivity contribution is 5.72. The Kier molecular flexibility index (Phi) is 5.65. The number of alkyl halides is 1. The lowest BCUT2D eigenvalue weighted by Gasteiger charge is -2.37. The van der Waals surface area contributed by atoms with Gasteiger partial charge >= 0.3 is 0 Å². The predicted octanol–water partition coefficient (Wildman–Crippen LogP) is 4.00. The Morgan fingerprint density at radius 1 is 1.20 bits per heavy atom. The van der Waals surface area contributed by atoms with Gasteiger partial charge in [0.25, 0.3) is 0 Å². The molecule has 1 aromatic carbocycles. The van der Waals surface area contributed by atoms with E-state index in [9.17, 15) is 9.50 Å². The van der Waals surface area contributed by atoms with Crippen LogP contribution in [0, 0.1) is 5.92 Å². The second-order valence-corrected chi connectivity index (χ2v) is 8.04. The van der Waals surface area contributed by atoms with Gasteiger partial charge in [-0.2, -0.15) is 5.10 Å². The number of aryl methyl sites for hydroxylation is 1. The lowest BCUT2D eigenvalue weighted by Crippen LogP contribution is -2.40. The fourth-order valence-electron chi connectivity index (χ4n) is 4.19. The predicted molar refractivity (Wildman–Crippen MR) is 114 cm³/mol. The summed E-state index contributed by atoms with van der Waals surface area (Å²) >= 11 is 0. The lowest BCUT2D eigenvalue weighted by molar-refractivity contribution is 0.147. The summed E-state index contributed by atoms with van der Waals surface area (Å²) < 4.78 is 15.7. The van der Waals surface area contributed by atoms with Crippen molar-refractivity contribution >= 4 is 5.82 Å². The van der Waals surface area contributed by atoms with Crippen molar-refractivity contribution in [3.63, 3.8) is 0 Å². The van der Waals surface area contributed by atoms with E-state index >= 15 is 0 Å². The summed E-state index contributed by atoms with van der Waals surface area (Å²) in [7, 11) is 3.81. The highest BCUT2D eigenvalue weighted by atomic mass is 19.1. The molecule has 0 saturated heterocycles. The van der Waals surface area contributed by atoms with Crippen LogP contribution in [-0.2, 0) is 7.05 Å². The van der Waals surface area contributed by atoms with Crippen LogP contribution in [0.4, 0.5) is 10.2 Å². The van der Waals surface area contributed by atoms with Crippen molar-refractivity contribution in [3.05, 3.63) is 36.8 Å². The summed E-state index contributed by atoms with van der Waals surface area (Å²) in [5.74, 6) is 1.21. The summed E-state index contributed by atoms with van der Waals surface area (Å²) in [5.41, 5.74) is 2.31. The largest absolute Gasteiger partial charge is 0.507 e. The fourth-order valence-corrected chi connectivity index (χ4v) is 4.19. The van der Waals surface area contributed by atoms with Gasteiger partial charge in [-0.05, 0) is 42.9 Å². The molecule has 1 saturated carbocycles. The number of benzene rings is 1. The Morgan fingerprint density at radius 3 is 2.67 bits per heavy atom. The average molecular weight is 410 g/mol. The van der Waals surface area contributed by atoms with Crippen LogP contribution in [0.15, 0.2) is 36.8 Å². The average Bonchev–Trinajstić information content (AvgIpc) is 3.20. The van der Waals surface area contributed by atoms with Gasteiger partial charge in [-0.1, -0.05) is 19.4 Å². The number of aromatic hydroxyl groups is 1. The number of rotatable bonds is 5. The lowest BCUT2D eigenvalue weighted by atomic mass is 9.82. The molecule has 0 unspecified atom stereocenters. The number of phenols is 1. The van der Waals surface area contributed by atoms with Gasteiger partial charge in [0, 0.05) is 31.9 Å². The van der Waals surface area contributed by atoms with Gasteiger partial charge < -0.3 is 10.0 Å². The molecule has 7 nitrogen and oxygen atoms in total. The molecule has 1 fully saturated rings. The molecule has 0 aliphatic heterocycles. The molecule has 8 heteroatoms. The second kappa shape index (κ2) is 8.38. The van der Waals surface area contributed by atoms with Crippen molar-refractivity contribution in [2.75, 3.05) is 11.9 Å². The topological polar surface area (TPSA) is 80.0 Å². The molecule has 0 amide bonds. The van der Waals surface area contributed by atoms with E-state index in [4.69, 9.17) is 0 Å². The Hall–Kier alpha value is -3.03. The number of halogens is 1. The molecule has 30 heavy (non-hydrogen) atoms. The van der Waals surface area contributed by atoms with E-state index in [2.05, 4.69) is 20.3 Å². The van der Waals surface area contributed by atoms with Crippen molar-refractivity contribution in [2.24, 2.45) is 13.0 Å². The summed E-state index contributed by atoms with van der Waals surface area (Å²) in [6.07, 6.45) is 7.64. The van der Waals surface area contributed by atoms with E-state index < -0.39 is 6.17 Å². The van der Waals surface area contributed by atoms with Crippen LogP contribution in [-0.4, -0.2) is 49.3 Å². The third-order valence-electron chi connectivity index (χ3n) is 6.12.